The molecule has 6 heteroatoms. The second-order valence-electron chi connectivity index (χ2n) is 6.62. The van der Waals surface area contributed by atoms with Crippen LogP contribution in [0.5, 0.6) is 0 Å². The lowest BCUT2D eigenvalue weighted by Gasteiger charge is -2.16. The molecule has 1 saturated heterocycles. The molecule has 3 aromatic rings. The predicted molar refractivity (Wildman–Crippen MR) is 106 cm³/mol. The first kappa shape index (κ1) is 17.7. The van der Waals surface area contributed by atoms with Crippen molar-refractivity contribution >= 4 is 32.4 Å². The average molecular weight is 380 g/mol. The van der Waals surface area contributed by atoms with Gasteiger partial charge in [0.05, 0.1) is 4.90 Å². The second kappa shape index (κ2) is 7.13. The Balaban J connectivity index is 1.63. The van der Waals surface area contributed by atoms with Gasteiger partial charge in [-0.15, -0.1) is 0 Å². The lowest BCUT2D eigenvalue weighted by molar-refractivity contribution is 0.102. The largest absolute Gasteiger partial charge is 0.321 e. The average Bonchev–Trinajstić information content (AvgIpc) is 3.24. The summed E-state index contributed by atoms with van der Waals surface area (Å²) in [7, 11) is -3.55. The van der Waals surface area contributed by atoms with E-state index in [2.05, 4.69) is 5.32 Å². The molecular weight excluding hydrogens is 360 g/mol. The molecule has 0 aromatic heterocycles. The summed E-state index contributed by atoms with van der Waals surface area (Å²) in [5, 5.41) is 4.87. The number of nitrogens with one attached hydrogen (secondary N) is 1. The van der Waals surface area contributed by atoms with E-state index in [4.69, 9.17) is 0 Å². The van der Waals surface area contributed by atoms with E-state index in [0.29, 0.717) is 24.3 Å². The van der Waals surface area contributed by atoms with Crippen molar-refractivity contribution in [3.63, 3.8) is 0 Å². The van der Waals surface area contributed by atoms with Crippen LogP contribution in [0.1, 0.15) is 23.2 Å². The van der Waals surface area contributed by atoms with Crippen LogP contribution in [0.4, 0.5) is 5.69 Å². The van der Waals surface area contributed by atoms with Crippen LogP contribution in [-0.4, -0.2) is 31.7 Å². The lowest BCUT2D eigenvalue weighted by atomic mass is 10.1. The molecule has 3 aromatic carbocycles. The maximum atomic E-state index is 12.7. The fourth-order valence-electron chi connectivity index (χ4n) is 3.40. The summed E-state index contributed by atoms with van der Waals surface area (Å²) in [5.74, 6) is -0.329. The van der Waals surface area contributed by atoms with Gasteiger partial charge in [0.25, 0.3) is 5.91 Å². The summed E-state index contributed by atoms with van der Waals surface area (Å²) in [4.78, 5) is 12.9. The number of rotatable bonds is 4. The predicted octanol–water partition coefficient (Wildman–Crippen LogP) is 3.88. The Labute approximate surface area is 158 Å². The summed E-state index contributed by atoms with van der Waals surface area (Å²) < 4.78 is 27.0. The van der Waals surface area contributed by atoms with E-state index in [1.165, 1.54) is 10.4 Å². The standard InChI is InChI=1S/C21H20N2O3S/c24-21(22-20-12-6-8-16-7-1-2-11-19(16)20)17-9-5-10-18(15-17)27(25,26)23-13-3-4-14-23/h1-2,5-12,15H,3-4,13-14H2,(H,22,24). The molecule has 0 unspecified atom stereocenters. The summed E-state index contributed by atoms with van der Waals surface area (Å²) >= 11 is 0. The van der Waals surface area contributed by atoms with Gasteiger partial charge in [0, 0.05) is 29.7 Å². The van der Waals surface area contributed by atoms with Crippen LogP contribution in [0.15, 0.2) is 71.6 Å². The van der Waals surface area contributed by atoms with Crippen molar-refractivity contribution < 1.29 is 13.2 Å². The highest BCUT2D eigenvalue weighted by molar-refractivity contribution is 7.89. The van der Waals surface area contributed by atoms with Crippen LogP contribution in [0, 0.1) is 0 Å². The Morgan fingerprint density at radius 3 is 2.41 bits per heavy atom. The van der Waals surface area contributed by atoms with Crippen LogP contribution < -0.4 is 5.32 Å². The zero-order chi connectivity index (χ0) is 18.9. The Bertz CT molecular complexity index is 1100. The SMILES string of the molecule is O=C(Nc1cccc2ccccc12)c1cccc(S(=O)(=O)N2CCCC2)c1. The number of carbonyl (C=O) groups excluding carboxylic acids is 1. The molecule has 5 nitrogen and oxygen atoms in total. The molecule has 138 valence electrons. The minimum atomic E-state index is -3.55. The molecular formula is C21H20N2O3S. The molecule has 0 atom stereocenters. The third kappa shape index (κ3) is 3.46. The molecule has 1 aliphatic heterocycles. The topological polar surface area (TPSA) is 66.5 Å². The first-order valence-electron chi connectivity index (χ1n) is 8.95. The molecule has 0 aliphatic carbocycles. The molecule has 1 aliphatic rings. The van der Waals surface area contributed by atoms with Gasteiger partial charge >= 0.3 is 0 Å². The Morgan fingerprint density at radius 2 is 1.59 bits per heavy atom. The van der Waals surface area contributed by atoms with E-state index in [1.54, 1.807) is 18.2 Å². The molecule has 0 radical (unpaired) electrons. The van der Waals surface area contributed by atoms with Crippen molar-refractivity contribution in [2.24, 2.45) is 0 Å². The summed E-state index contributed by atoms with van der Waals surface area (Å²) in [6, 6.07) is 19.7. The minimum absolute atomic E-state index is 0.162. The van der Waals surface area contributed by atoms with Crippen LogP contribution >= 0.6 is 0 Å². The zero-order valence-corrected chi connectivity index (χ0v) is 15.6. The highest BCUT2D eigenvalue weighted by Gasteiger charge is 2.27. The molecule has 27 heavy (non-hydrogen) atoms. The monoisotopic (exact) mass is 380 g/mol. The van der Waals surface area contributed by atoms with E-state index < -0.39 is 10.0 Å². The second-order valence-corrected chi connectivity index (χ2v) is 8.56. The zero-order valence-electron chi connectivity index (χ0n) is 14.8. The number of hydrogen-bond donors (Lipinski definition) is 1. The summed E-state index contributed by atoms with van der Waals surface area (Å²) in [6.07, 6.45) is 1.75. The van der Waals surface area contributed by atoms with Gasteiger partial charge in [-0.25, -0.2) is 8.42 Å². The van der Waals surface area contributed by atoms with Gasteiger partial charge in [-0.1, -0.05) is 42.5 Å². The highest BCUT2D eigenvalue weighted by atomic mass is 32.2. The maximum absolute atomic E-state index is 12.7. The van der Waals surface area contributed by atoms with Gasteiger partial charge in [0.1, 0.15) is 0 Å². The molecule has 0 bridgehead atoms. The highest BCUT2D eigenvalue weighted by Crippen LogP contribution is 2.25. The van der Waals surface area contributed by atoms with Crippen molar-refractivity contribution in [3.8, 4) is 0 Å². The number of nitrogens with zero attached hydrogens (tertiary/aromatic N) is 1. The van der Waals surface area contributed by atoms with Crippen LogP contribution in [0.2, 0.25) is 0 Å². The molecule has 0 spiro atoms. The normalized spacial score (nSPS) is 15.1. The maximum Gasteiger partial charge on any atom is 0.255 e. The number of hydrogen-bond acceptors (Lipinski definition) is 3. The number of benzene rings is 3. The third-order valence-electron chi connectivity index (χ3n) is 4.84. The Kier molecular flexibility index (Phi) is 4.68. The molecule has 1 heterocycles. The van der Waals surface area contributed by atoms with E-state index in [1.807, 2.05) is 42.5 Å². The van der Waals surface area contributed by atoms with Crippen molar-refractivity contribution in [2.75, 3.05) is 18.4 Å². The van der Waals surface area contributed by atoms with Gasteiger partial charge in [-0.05, 0) is 42.5 Å². The lowest BCUT2D eigenvalue weighted by Crippen LogP contribution is -2.28. The fraction of sp³-hybridized carbons (Fsp3) is 0.190. The summed E-state index contributed by atoms with van der Waals surface area (Å²) in [5.41, 5.74) is 1.02. The van der Waals surface area contributed by atoms with Gasteiger partial charge in [-0.3, -0.25) is 4.79 Å². The van der Waals surface area contributed by atoms with E-state index in [9.17, 15) is 13.2 Å². The number of carbonyl (C=O) groups is 1. The number of sulfonamides is 1. The van der Waals surface area contributed by atoms with Crippen LogP contribution in [-0.2, 0) is 10.0 Å². The molecule has 4 rings (SSSR count). The van der Waals surface area contributed by atoms with Gasteiger partial charge in [-0.2, -0.15) is 4.31 Å². The van der Waals surface area contributed by atoms with Gasteiger partial charge < -0.3 is 5.32 Å². The van der Waals surface area contributed by atoms with E-state index in [-0.39, 0.29) is 10.8 Å². The van der Waals surface area contributed by atoms with Crippen molar-refractivity contribution in [2.45, 2.75) is 17.7 Å². The van der Waals surface area contributed by atoms with Crippen molar-refractivity contribution in [1.29, 1.82) is 0 Å². The molecule has 1 amide bonds. The van der Waals surface area contributed by atoms with Gasteiger partial charge in [0.2, 0.25) is 10.0 Å². The Hall–Kier alpha value is -2.70. The first-order chi connectivity index (χ1) is 13.1. The Morgan fingerprint density at radius 1 is 0.889 bits per heavy atom. The minimum Gasteiger partial charge on any atom is -0.321 e. The smallest absolute Gasteiger partial charge is 0.255 e. The molecule has 1 fully saturated rings. The number of anilines is 1. The molecule has 0 saturated carbocycles. The van der Waals surface area contributed by atoms with Crippen LogP contribution in [0.3, 0.4) is 0 Å². The van der Waals surface area contributed by atoms with E-state index in [0.717, 1.165) is 23.6 Å². The number of amides is 1. The first-order valence-corrected chi connectivity index (χ1v) is 10.4. The number of fused-ring (bicyclic) bond motifs is 1. The van der Waals surface area contributed by atoms with Crippen LogP contribution in [0.25, 0.3) is 10.8 Å². The third-order valence-corrected chi connectivity index (χ3v) is 6.73. The fourth-order valence-corrected chi connectivity index (χ4v) is 4.97. The summed E-state index contributed by atoms with van der Waals surface area (Å²) in [6.45, 7) is 1.07. The quantitative estimate of drug-likeness (QED) is 0.747. The molecule has 1 N–H and O–H groups in total. The van der Waals surface area contributed by atoms with Crippen molar-refractivity contribution in [1.82, 2.24) is 4.31 Å². The van der Waals surface area contributed by atoms with Gasteiger partial charge in [0.15, 0.2) is 0 Å². The van der Waals surface area contributed by atoms with E-state index >= 15 is 0 Å². The van der Waals surface area contributed by atoms with Crippen molar-refractivity contribution in [3.05, 3.63) is 72.3 Å².